The highest BCUT2D eigenvalue weighted by Gasteiger charge is 2.20. The van der Waals surface area contributed by atoms with Gasteiger partial charge in [-0.2, -0.15) is 4.68 Å². The van der Waals surface area contributed by atoms with Crippen LogP contribution in [0.2, 0.25) is 10.0 Å². The molecule has 2 aromatic carbocycles. The normalized spacial score (nSPS) is 12.1. The summed E-state index contributed by atoms with van der Waals surface area (Å²) in [4.78, 5) is 26.4. The zero-order chi connectivity index (χ0) is 28.2. The first-order valence-electron chi connectivity index (χ1n) is 13.1. The molecule has 0 fully saturated rings. The van der Waals surface area contributed by atoms with E-state index in [0.717, 1.165) is 56.8 Å². The van der Waals surface area contributed by atoms with Gasteiger partial charge >= 0.3 is 5.69 Å². The van der Waals surface area contributed by atoms with Crippen molar-refractivity contribution >= 4 is 40.2 Å². The standard InChI is InChI=1S/C15H13Cl2N3O2.C14H21NOS/c1-2-7-22-13-9-12(10(16)8-11(13)17)20-15(21)19-6-4-3-5-14(19)18-20;1-3-10-15(11-4-2)14(16)17-12-13-8-6-5-7-9-13/h1,8-9H,3-7H2;5-9H,3-4,10-12H2,1-2H3. The van der Waals surface area contributed by atoms with Crippen molar-refractivity contribution in [3.8, 4) is 23.8 Å². The first-order valence-corrected chi connectivity index (χ1v) is 14.8. The number of hydrogen-bond acceptors (Lipinski definition) is 5. The SMILES string of the molecule is C#CCOc1cc(-n2nc3n(c2=O)CCCC3)c(Cl)cc1Cl.CCCN(CCC)C(=O)SCc1ccccc1. The van der Waals surface area contributed by atoms with E-state index in [1.165, 1.54) is 28.1 Å². The minimum Gasteiger partial charge on any atom is -0.479 e. The summed E-state index contributed by atoms with van der Waals surface area (Å²) >= 11 is 13.7. The molecule has 1 aliphatic rings. The number of halogens is 2. The van der Waals surface area contributed by atoms with E-state index in [0.29, 0.717) is 28.0 Å². The number of amides is 1. The van der Waals surface area contributed by atoms with Crippen LogP contribution in [-0.2, 0) is 18.7 Å². The van der Waals surface area contributed by atoms with E-state index in [1.54, 1.807) is 10.6 Å². The van der Waals surface area contributed by atoms with Crippen molar-refractivity contribution in [2.24, 2.45) is 0 Å². The van der Waals surface area contributed by atoms with Crippen molar-refractivity contribution in [3.63, 3.8) is 0 Å². The van der Waals surface area contributed by atoms with Gasteiger partial charge in [-0.3, -0.25) is 9.36 Å². The van der Waals surface area contributed by atoms with Gasteiger partial charge in [0.25, 0.3) is 5.24 Å². The molecule has 0 saturated heterocycles. The highest BCUT2D eigenvalue weighted by Crippen LogP contribution is 2.32. The number of thioether (sulfide) groups is 1. The molecular weight excluding hydrogens is 555 g/mol. The number of aromatic nitrogens is 3. The number of carbonyl (C=O) groups excluding carboxylic acids is 1. The van der Waals surface area contributed by atoms with E-state index in [4.69, 9.17) is 34.4 Å². The maximum Gasteiger partial charge on any atom is 0.350 e. The number of benzene rings is 2. The summed E-state index contributed by atoms with van der Waals surface area (Å²) in [5, 5.41) is 5.25. The molecule has 1 aromatic heterocycles. The van der Waals surface area contributed by atoms with Crippen molar-refractivity contribution in [1.82, 2.24) is 19.2 Å². The molecule has 208 valence electrons. The Bertz CT molecular complexity index is 1330. The van der Waals surface area contributed by atoms with Crippen LogP contribution in [0.15, 0.2) is 47.3 Å². The lowest BCUT2D eigenvalue weighted by Crippen LogP contribution is -2.29. The largest absolute Gasteiger partial charge is 0.479 e. The number of nitrogens with zero attached hydrogens (tertiary/aromatic N) is 4. The van der Waals surface area contributed by atoms with E-state index in [2.05, 4.69) is 37.0 Å². The lowest BCUT2D eigenvalue weighted by atomic mass is 10.2. The zero-order valence-corrected chi connectivity index (χ0v) is 24.7. The van der Waals surface area contributed by atoms with Crippen LogP contribution in [0.4, 0.5) is 4.79 Å². The Balaban J connectivity index is 0.000000224. The van der Waals surface area contributed by atoms with Gasteiger partial charge in [-0.05, 0) is 37.3 Å². The summed E-state index contributed by atoms with van der Waals surface area (Å²) in [6.07, 6.45) is 10.0. The minimum atomic E-state index is -0.207. The Morgan fingerprint density at radius 3 is 2.49 bits per heavy atom. The Morgan fingerprint density at radius 1 is 1.13 bits per heavy atom. The predicted molar refractivity (Wildman–Crippen MR) is 160 cm³/mol. The molecule has 2 heterocycles. The molecule has 0 bridgehead atoms. The van der Waals surface area contributed by atoms with Crippen molar-refractivity contribution in [3.05, 3.63) is 74.4 Å². The van der Waals surface area contributed by atoms with Gasteiger partial charge in [0.1, 0.15) is 18.2 Å². The van der Waals surface area contributed by atoms with Crippen LogP contribution in [0.1, 0.15) is 50.9 Å². The van der Waals surface area contributed by atoms with Crippen LogP contribution in [0, 0.1) is 12.3 Å². The average molecular weight is 590 g/mol. The number of aryl methyl sites for hydroxylation is 1. The van der Waals surface area contributed by atoms with E-state index in [9.17, 15) is 9.59 Å². The molecular formula is C29H34Cl2N4O3S. The number of carbonyl (C=O) groups is 1. The summed E-state index contributed by atoms with van der Waals surface area (Å²) in [7, 11) is 0. The Hall–Kier alpha value is -2.86. The van der Waals surface area contributed by atoms with E-state index in [1.807, 2.05) is 23.1 Å². The monoisotopic (exact) mass is 588 g/mol. The van der Waals surface area contributed by atoms with Crippen LogP contribution in [0.25, 0.3) is 5.69 Å². The number of ether oxygens (including phenoxy) is 1. The number of terminal acetylenes is 1. The summed E-state index contributed by atoms with van der Waals surface area (Å²) < 4.78 is 8.34. The second-order valence-corrected chi connectivity index (χ2v) is 10.7. The zero-order valence-electron chi connectivity index (χ0n) is 22.4. The van der Waals surface area contributed by atoms with Gasteiger partial charge in [0.15, 0.2) is 0 Å². The van der Waals surface area contributed by atoms with Crippen molar-refractivity contribution in [2.75, 3.05) is 19.7 Å². The van der Waals surface area contributed by atoms with Crippen molar-refractivity contribution < 1.29 is 9.53 Å². The summed E-state index contributed by atoms with van der Waals surface area (Å²) in [5.74, 6) is 4.28. The Morgan fingerprint density at radius 2 is 1.85 bits per heavy atom. The molecule has 0 saturated carbocycles. The van der Waals surface area contributed by atoms with Gasteiger partial charge in [0.2, 0.25) is 0 Å². The summed E-state index contributed by atoms with van der Waals surface area (Å²) in [6.45, 7) is 6.72. The maximum atomic E-state index is 12.5. The van der Waals surface area contributed by atoms with E-state index < -0.39 is 0 Å². The molecule has 1 amide bonds. The van der Waals surface area contributed by atoms with Crippen LogP contribution in [-0.4, -0.2) is 44.2 Å². The summed E-state index contributed by atoms with van der Waals surface area (Å²) in [6, 6.07) is 13.2. The molecule has 0 spiro atoms. The molecule has 0 atom stereocenters. The highest BCUT2D eigenvalue weighted by molar-refractivity contribution is 8.12. The quantitative estimate of drug-likeness (QED) is 0.256. The van der Waals surface area contributed by atoms with Gasteiger partial charge < -0.3 is 9.64 Å². The molecule has 10 heteroatoms. The van der Waals surface area contributed by atoms with Crippen LogP contribution in [0.5, 0.6) is 5.75 Å². The number of hydrogen-bond donors (Lipinski definition) is 0. The molecule has 39 heavy (non-hydrogen) atoms. The molecule has 0 aliphatic carbocycles. The highest BCUT2D eigenvalue weighted by atomic mass is 35.5. The fraction of sp³-hybridized carbons (Fsp3) is 0.414. The Labute approximate surface area is 244 Å². The first kappa shape index (κ1) is 30.7. The molecule has 0 radical (unpaired) electrons. The Kier molecular flexibility index (Phi) is 12.3. The van der Waals surface area contributed by atoms with Gasteiger partial charge in [0, 0.05) is 37.9 Å². The van der Waals surface area contributed by atoms with Crippen LogP contribution < -0.4 is 10.4 Å². The predicted octanol–water partition coefficient (Wildman–Crippen LogP) is 6.85. The van der Waals surface area contributed by atoms with Gasteiger partial charge in [-0.1, -0.05) is 85.1 Å². The van der Waals surface area contributed by atoms with Gasteiger partial charge in [-0.15, -0.1) is 11.5 Å². The molecule has 7 nitrogen and oxygen atoms in total. The second-order valence-electron chi connectivity index (χ2n) is 8.97. The molecule has 0 unspecified atom stereocenters. The average Bonchev–Trinajstić information content (AvgIpc) is 3.28. The van der Waals surface area contributed by atoms with E-state index >= 15 is 0 Å². The van der Waals surface area contributed by atoms with Gasteiger partial charge in [-0.25, -0.2) is 4.79 Å². The number of fused-ring (bicyclic) bond motifs is 1. The second kappa shape index (κ2) is 15.7. The fourth-order valence-corrected chi connectivity index (χ4v) is 5.48. The lowest BCUT2D eigenvalue weighted by molar-refractivity contribution is 0.223. The maximum absolute atomic E-state index is 12.5. The number of rotatable bonds is 9. The summed E-state index contributed by atoms with van der Waals surface area (Å²) in [5.41, 5.74) is 1.44. The third-order valence-corrected chi connectivity index (χ3v) is 7.54. The third kappa shape index (κ3) is 8.56. The molecule has 1 aliphatic heterocycles. The fourth-order valence-electron chi connectivity index (χ4n) is 4.11. The van der Waals surface area contributed by atoms with Crippen molar-refractivity contribution in [2.45, 2.75) is 58.2 Å². The molecule has 0 N–H and O–H groups in total. The van der Waals surface area contributed by atoms with Crippen molar-refractivity contribution in [1.29, 1.82) is 0 Å². The first-order chi connectivity index (χ1) is 18.9. The van der Waals surface area contributed by atoms with E-state index in [-0.39, 0.29) is 17.5 Å². The third-order valence-electron chi connectivity index (χ3n) is 5.96. The lowest BCUT2D eigenvalue weighted by Gasteiger charge is -2.20. The molecule has 4 rings (SSSR count). The molecule has 3 aromatic rings. The minimum absolute atomic E-state index is 0.0788. The topological polar surface area (TPSA) is 69.4 Å². The smallest absolute Gasteiger partial charge is 0.350 e. The van der Waals surface area contributed by atoms with Crippen LogP contribution in [0.3, 0.4) is 0 Å². The van der Waals surface area contributed by atoms with Crippen LogP contribution >= 0.6 is 35.0 Å². The van der Waals surface area contributed by atoms with Gasteiger partial charge in [0.05, 0.1) is 15.7 Å².